The van der Waals surface area contributed by atoms with Crippen LogP contribution in [0.25, 0.3) is 0 Å². The van der Waals surface area contributed by atoms with Gasteiger partial charge >= 0.3 is 6.36 Å². The third-order valence-electron chi connectivity index (χ3n) is 4.97. The average molecular weight is 432 g/mol. The number of halogens is 4. The highest BCUT2D eigenvalue weighted by Crippen LogP contribution is 2.49. The van der Waals surface area contributed by atoms with E-state index in [0.29, 0.717) is 17.5 Å². The van der Waals surface area contributed by atoms with Crippen LogP contribution in [0.4, 0.5) is 17.6 Å². The average Bonchev–Trinajstić information content (AvgIpc) is 2.60. The van der Waals surface area contributed by atoms with Gasteiger partial charge in [-0.3, -0.25) is 10.1 Å². The van der Waals surface area contributed by atoms with Crippen molar-refractivity contribution in [2.45, 2.75) is 43.2 Å². The second-order valence-corrected chi connectivity index (χ2v) is 9.15. The Bertz CT molecular complexity index is 936. The standard InChI is InChI=1S/C19H20F4N2O3S/c1-17(2,29(24)26)11-18(7-9-27-15-4-3-8-25-16(15)18)13-6-5-12(10-14(13)20)28-19(21,22)23/h3-6,8,10H,7,9,11,24H2,1-2H3/t18-,29?/m0/s1. The lowest BCUT2D eigenvalue weighted by Gasteiger charge is -2.42. The van der Waals surface area contributed by atoms with Gasteiger partial charge in [-0.05, 0) is 44.9 Å². The van der Waals surface area contributed by atoms with Crippen molar-refractivity contribution < 1.29 is 31.2 Å². The van der Waals surface area contributed by atoms with Crippen LogP contribution in [-0.4, -0.2) is 26.9 Å². The maximum atomic E-state index is 15.1. The molecule has 0 saturated carbocycles. The monoisotopic (exact) mass is 432 g/mol. The molecular formula is C19H20F4N2O3S. The summed E-state index contributed by atoms with van der Waals surface area (Å²) in [6, 6.07) is 6.34. The lowest BCUT2D eigenvalue weighted by Crippen LogP contribution is -2.45. The van der Waals surface area contributed by atoms with E-state index < -0.39 is 39.1 Å². The molecule has 0 radical (unpaired) electrons. The molecule has 2 heterocycles. The molecule has 2 N–H and O–H groups in total. The van der Waals surface area contributed by atoms with Crippen LogP contribution in [0.15, 0.2) is 36.5 Å². The first-order valence-corrected chi connectivity index (χ1v) is 9.96. The zero-order valence-corrected chi connectivity index (χ0v) is 16.6. The van der Waals surface area contributed by atoms with Crippen LogP contribution in [0.2, 0.25) is 0 Å². The van der Waals surface area contributed by atoms with Crippen molar-refractivity contribution in [2.24, 2.45) is 5.14 Å². The summed E-state index contributed by atoms with van der Waals surface area (Å²) in [6.45, 7) is 3.59. The molecule has 1 unspecified atom stereocenters. The second kappa shape index (κ2) is 7.56. The van der Waals surface area contributed by atoms with Gasteiger partial charge in [0.1, 0.15) is 17.3 Å². The van der Waals surface area contributed by atoms with E-state index in [1.165, 1.54) is 12.3 Å². The Morgan fingerprint density at radius 2 is 2.03 bits per heavy atom. The summed E-state index contributed by atoms with van der Waals surface area (Å²) in [5.74, 6) is -1.11. The SMILES string of the molecule is CC(C)(C[C@]1(c2ccc(OC(F)(F)F)cc2F)CCOc2cccnc21)S(N)=O. The fourth-order valence-electron chi connectivity index (χ4n) is 3.73. The van der Waals surface area contributed by atoms with Crippen LogP contribution in [0.5, 0.6) is 11.5 Å². The Labute approximate surface area is 167 Å². The molecule has 29 heavy (non-hydrogen) atoms. The van der Waals surface area contributed by atoms with E-state index >= 15 is 4.39 Å². The summed E-state index contributed by atoms with van der Waals surface area (Å²) in [4.78, 5) is 4.37. The second-order valence-electron chi connectivity index (χ2n) is 7.45. The number of rotatable bonds is 5. The third kappa shape index (κ3) is 4.37. The van der Waals surface area contributed by atoms with E-state index in [1.54, 1.807) is 26.0 Å². The molecule has 10 heteroatoms. The molecule has 1 aromatic heterocycles. The number of hydrogen-bond donors (Lipinski definition) is 1. The zero-order chi connectivity index (χ0) is 21.4. The van der Waals surface area contributed by atoms with Crippen LogP contribution in [0, 0.1) is 5.82 Å². The smallest absolute Gasteiger partial charge is 0.492 e. The summed E-state index contributed by atoms with van der Waals surface area (Å²) in [6.07, 6.45) is -2.98. The molecular weight excluding hydrogens is 412 g/mol. The van der Waals surface area contributed by atoms with E-state index in [-0.39, 0.29) is 25.0 Å². The molecule has 0 aliphatic carbocycles. The van der Waals surface area contributed by atoms with Crippen molar-refractivity contribution in [1.29, 1.82) is 0 Å². The van der Waals surface area contributed by atoms with Crippen molar-refractivity contribution in [1.82, 2.24) is 4.98 Å². The maximum Gasteiger partial charge on any atom is 0.573 e. The van der Waals surface area contributed by atoms with Gasteiger partial charge in [0.2, 0.25) is 0 Å². The Kier molecular flexibility index (Phi) is 5.61. The van der Waals surface area contributed by atoms with Crippen LogP contribution < -0.4 is 14.6 Å². The largest absolute Gasteiger partial charge is 0.573 e. The van der Waals surface area contributed by atoms with Crippen molar-refractivity contribution in [3.8, 4) is 11.5 Å². The van der Waals surface area contributed by atoms with E-state index in [2.05, 4.69) is 9.72 Å². The van der Waals surface area contributed by atoms with Gasteiger partial charge in [0.15, 0.2) is 0 Å². The van der Waals surface area contributed by atoms with Gasteiger partial charge in [0.25, 0.3) is 0 Å². The highest BCUT2D eigenvalue weighted by molar-refractivity contribution is 7.84. The quantitative estimate of drug-likeness (QED) is 0.726. The number of nitrogens with two attached hydrogens (primary N) is 1. The Balaban J connectivity index is 2.17. The molecule has 1 aromatic carbocycles. The van der Waals surface area contributed by atoms with Gasteiger partial charge in [-0.1, -0.05) is 6.07 Å². The van der Waals surface area contributed by atoms with Gasteiger partial charge in [-0.25, -0.2) is 8.60 Å². The highest BCUT2D eigenvalue weighted by atomic mass is 32.2. The van der Waals surface area contributed by atoms with Crippen LogP contribution in [0.1, 0.15) is 37.9 Å². The first-order chi connectivity index (χ1) is 13.4. The van der Waals surface area contributed by atoms with Crippen molar-refractivity contribution >= 4 is 11.0 Å². The molecule has 0 fully saturated rings. The maximum absolute atomic E-state index is 15.1. The summed E-state index contributed by atoms with van der Waals surface area (Å²) < 4.78 is 73.2. The van der Waals surface area contributed by atoms with E-state index in [0.717, 1.165) is 6.07 Å². The molecule has 158 valence electrons. The number of hydrogen-bond acceptors (Lipinski definition) is 4. The summed E-state index contributed by atoms with van der Waals surface area (Å²) >= 11 is 0. The van der Waals surface area contributed by atoms with Crippen molar-refractivity contribution in [2.75, 3.05) is 6.61 Å². The lowest BCUT2D eigenvalue weighted by molar-refractivity contribution is -0.274. The molecule has 0 spiro atoms. The molecule has 3 rings (SSSR count). The third-order valence-corrected chi connectivity index (χ3v) is 6.21. The number of pyridine rings is 1. The zero-order valence-electron chi connectivity index (χ0n) is 15.8. The Morgan fingerprint density at radius 3 is 2.66 bits per heavy atom. The first-order valence-electron chi connectivity index (χ1n) is 8.75. The molecule has 0 saturated heterocycles. The Hall–Kier alpha value is -2.20. The molecule has 0 bridgehead atoms. The van der Waals surface area contributed by atoms with E-state index in [1.807, 2.05) is 0 Å². The van der Waals surface area contributed by atoms with Crippen molar-refractivity contribution in [3.63, 3.8) is 0 Å². The summed E-state index contributed by atoms with van der Waals surface area (Å²) in [5.41, 5.74) is -0.546. The first kappa shape index (κ1) is 21.5. The van der Waals surface area contributed by atoms with Crippen LogP contribution in [-0.2, 0) is 16.4 Å². The van der Waals surface area contributed by atoms with Gasteiger partial charge < -0.3 is 9.47 Å². The minimum Gasteiger partial charge on any atom is -0.492 e. The highest BCUT2D eigenvalue weighted by Gasteiger charge is 2.47. The number of aromatic nitrogens is 1. The van der Waals surface area contributed by atoms with E-state index in [9.17, 15) is 17.4 Å². The molecule has 2 aromatic rings. The number of benzene rings is 1. The fourth-order valence-corrected chi connectivity index (χ4v) is 4.12. The lowest BCUT2D eigenvalue weighted by atomic mass is 9.68. The fraction of sp³-hybridized carbons (Fsp3) is 0.421. The topological polar surface area (TPSA) is 74.4 Å². The van der Waals surface area contributed by atoms with Gasteiger partial charge in [-0.2, -0.15) is 0 Å². The molecule has 0 amide bonds. The predicted molar refractivity (Wildman–Crippen MR) is 99.2 cm³/mol. The predicted octanol–water partition coefficient (Wildman–Crippen LogP) is 3.98. The van der Waals surface area contributed by atoms with Gasteiger partial charge in [0.05, 0.1) is 28.0 Å². The number of fused-ring (bicyclic) bond motifs is 1. The van der Waals surface area contributed by atoms with Gasteiger partial charge in [0, 0.05) is 23.2 Å². The molecule has 1 aliphatic heterocycles. The van der Waals surface area contributed by atoms with Crippen LogP contribution >= 0.6 is 0 Å². The van der Waals surface area contributed by atoms with Gasteiger partial charge in [-0.15, -0.1) is 13.2 Å². The minimum atomic E-state index is -4.93. The van der Waals surface area contributed by atoms with E-state index in [4.69, 9.17) is 9.88 Å². The van der Waals surface area contributed by atoms with Crippen LogP contribution in [0.3, 0.4) is 0 Å². The summed E-state index contributed by atoms with van der Waals surface area (Å²) in [7, 11) is -1.74. The molecule has 1 aliphatic rings. The van der Waals surface area contributed by atoms with Crippen molar-refractivity contribution in [3.05, 3.63) is 53.6 Å². The number of ether oxygens (including phenoxy) is 2. The number of alkyl halides is 3. The minimum absolute atomic E-state index is 0.119. The normalized spacial score (nSPS) is 20.5. The summed E-state index contributed by atoms with van der Waals surface area (Å²) in [5, 5.41) is 5.66. The molecule has 2 atom stereocenters. The molecule has 5 nitrogen and oxygen atoms in total. The number of nitrogens with zero attached hydrogens (tertiary/aromatic N) is 1. The Morgan fingerprint density at radius 1 is 1.31 bits per heavy atom.